The van der Waals surface area contributed by atoms with Crippen molar-refractivity contribution >= 4 is 55.3 Å². The van der Waals surface area contributed by atoms with Crippen LogP contribution in [0.15, 0.2) is 118 Å². The summed E-state index contributed by atoms with van der Waals surface area (Å²) in [5.74, 6) is -1.15. The largest absolute Gasteiger partial charge is 0.294 e. The van der Waals surface area contributed by atoms with E-state index >= 15 is 4.79 Å². The highest BCUT2D eigenvalue weighted by molar-refractivity contribution is 9.10. The van der Waals surface area contributed by atoms with Gasteiger partial charge in [-0.2, -0.15) is 0 Å². The van der Waals surface area contributed by atoms with Gasteiger partial charge in [-0.3, -0.25) is 24.2 Å². The van der Waals surface area contributed by atoms with Crippen molar-refractivity contribution in [1.82, 2.24) is 9.80 Å². The molecule has 2 fully saturated rings. The molecule has 0 amide bonds. The molecule has 0 radical (unpaired) electrons. The SMILES string of the molecule is CN1C[C@@H](c2ccccc2Br)[C@@]2(CN(Cc3ccccc3)C/C(=C\c3ccccc3Br)C2=O)C12C(=O)c1ccccc1C2=O. The van der Waals surface area contributed by atoms with E-state index in [9.17, 15) is 9.59 Å². The van der Waals surface area contributed by atoms with E-state index in [-0.39, 0.29) is 23.9 Å². The molecule has 2 spiro atoms. The van der Waals surface area contributed by atoms with Crippen LogP contribution in [-0.4, -0.2) is 59.4 Å². The number of hydrogen-bond donors (Lipinski definition) is 0. The highest BCUT2D eigenvalue weighted by Gasteiger charge is 2.77. The third-order valence-electron chi connectivity index (χ3n) is 9.67. The Balaban J connectivity index is 1.51. The van der Waals surface area contributed by atoms with Gasteiger partial charge >= 0.3 is 0 Å². The Kier molecular flexibility index (Phi) is 7.40. The molecule has 7 rings (SSSR count). The fraction of sp³-hybridized carbons (Fsp3) is 0.216. The molecule has 0 saturated carbocycles. The number of likely N-dealkylation sites (tertiary alicyclic amines) is 2. The standard InChI is InChI=1S/C37H30Br2N2O3/c1-40-22-30(29-16-8-10-18-32(29)39)36(37(40)34(43)27-14-6-7-15-28(27)35(37)44)23-41(20-24-11-3-2-4-12-24)21-26(33(36)42)19-25-13-5-9-17-31(25)38/h2-19,30H,20-23H2,1H3/b26-19+/t30-,36+/m0/s1. The van der Waals surface area contributed by atoms with Crippen LogP contribution >= 0.6 is 31.9 Å². The number of piperidine rings is 1. The first-order valence-corrected chi connectivity index (χ1v) is 16.3. The van der Waals surface area contributed by atoms with Crippen LogP contribution in [0.25, 0.3) is 6.08 Å². The van der Waals surface area contributed by atoms with Crippen LogP contribution < -0.4 is 0 Å². The van der Waals surface area contributed by atoms with E-state index in [0.29, 0.717) is 36.3 Å². The fourth-order valence-corrected chi connectivity index (χ4v) is 8.84. The first-order valence-electron chi connectivity index (χ1n) is 14.7. The minimum atomic E-state index is -1.68. The lowest BCUT2D eigenvalue weighted by atomic mass is 9.56. The first-order chi connectivity index (χ1) is 21.3. The van der Waals surface area contributed by atoms with Crippen LogP contribution in [0.4, 0.5) is 0 Å². The topological polar surface area (TPSA) is 57.7 Å². The number of carbonyl (C=O) groups excluding carboxylic acids is 3. The summed E-state index contributed by atoms with van der Waals surface area (Å²) in [6.07, 6.45) is 1.94. The second kappa shape index (κ2) is 11.1. The lowest BCUT2D eigenvalue weighted by Gasteiger charge is -2.50. The molecule has 7 heteroatoms. The molecule has 2 aliphatic heterocycles. The summed E-state index contributed by atoms with van der Waals surface area (Å²) in [6, 6.07) is 32.9. The van der Waals surface area contributed by atoms with Gasteiger partial charge in [-0.25, -0.2) is 0 Å². The maximum atomic E-state index is 15.5. The highest BCUT2D eigenvalue weighted by Crippen LogP contribution is 2.61. The second-order valence-corrected chi connectivity index (χ2v) is 13.7. The number of fused-ring (bicyclic) bond motifs is 2. The number of Topliss-reactive ketones (excluding diaryl/α,β-unsaturated/α-hetero) is 3. The number of likely N-dealkylation sites (N-methyl/N-ethyl adjacent to an activating group) is 1. The molecule has 2 saturated heterocycles. The number of ketones is 3. The van der Waals surface area contributed by atoms with Gasteiger partial charge in [0, 0.05) is 57.7 Å². The van der Waals surface area contributed by atoms with E-state index in [2.05, 4.69) is 48.9 Å². The Labute approximate surface area is 273 Å². The van der Waals surface area contributed by atoms with Crippen molar-refractivity contribution in [2.75, 3.05) is 26.7 Å². The van der Waals surface area contributed by atoms with Crippen LogP contribution in [-0.2, 0) is 11.3 Å². The van der Waals surface area contributed by atoms with Crippen molar-refractivity contribution in [3.63, 3.8) is 0 Å². The zero-order valence-electron chi connectivity index (χ0n) is 24.2. The summed E-state index contributed by atoms with van der Waals surface area (Å²) < 4.78 is 1.73. The Morgan fingerprint density at radius 2 is 1.34 bits per heavy atom. The molecule has 2 atom stereocenters. The second-order valence-electron chi connectivity index (χ2n) is 12.0. The van der Waals surface area contributed by atoms with Gasteiger partial charge in [0.2, 0.25) is 0 Å². The predicted molar refractivity (Wildman–Crippen MR) is 179 cm³/mol. The number of nitrogens with zero attached hydrogens (tertiary/aromatic N) is 2. The van der Waals surface area contributed by atoms with Gasteiger partial charge in [0.15, 0.2) is 22.9 Å². The lowest BCUT2D eigenvalue weighted by Crippen LogP contribution is -2.69. The first kappa shape index (κ1) is 29.2. The predicted octanol–water partition coefficient (Wildman–Crippen LogP) is 7.21. The number of benzene rings is 4. The lowest BCUT2D eigenvalue weighted by molar-refractivity contribution is -0.132. The summed E-state index contributed by atoms with van der Waals surface area (Å²) in [5.41, 5.74) is 1.18. The molecule has 1 aliphatic carbocycles. The van der Waals surface area contributed by atoms with Gasteiger partial charge < -0.3 is 0 Å². The summed E-state index contributed by atoms with van der Waals surface area (Å²) in [6.45, 7) is 1.60. The maximum absolute atomic E-state index is 15.5. The number of hydrogen-bond acceptors (Lipinski definition) is 5. The van der Waals surface area contributed by atoms with Crippen molar-refractivity contribution in [3.05, 3.63) is 145 Å². The van der Waals surface area contributed by atoms with E-state index in [4.69, 9.17) is 0 Å². The Morgan fingerprint density at radius 3 is 2.00 bits per heavy atom. The summed E-state index contributed by atoms with van der Waals surface area (Å²) in [5, 5.41) is 0. The number of rotatable bonds is 4. The molecule has 5 nitrogen and oxygen atoms in total. The van der Waals surface area contributed by atoms with Crippen LogP contribution in [0.1, 0.15) is 43.3 Å². The molecule has 0 N–H and O–H groups in total. The summed E-state index contributed by atoms with van der Waals surface area (Å²) in [4.78, 5) is 49.2. The van der Waals surface area contributed by atoms with Gasteiger partial charge in [0.1, 0.15) is 0 Å². The fourth-order valence-electron chi connectivity index (χ4n) is 7.88. The minimum absolute atomic E-state index is 0.142. The van der Waals surface area contributed by atoms with Crippen molar-refractivity contribution in [2.24, 2.45) is 5.41 Å². The van der Waals surface area contributed by atoms with Crippen LogP contribution in [0.2, 0.25) is 0 Å². The highest BCUT2D eigenvalue weighted by atomic mass is 79.9. The normalized spacial score (nSPS) is 24.1. The summed E-state index contributed by atoms with van der Waals surface area (Å²) >= 11 is 7.43. The van der Waals surface area contributed by atoms with E-state index in [0.717, 1.165) is 25.6 Å². The van der Waals surface area contributed by atoms with Crippen LogP contribution in [0.3, 0.4) is 0 Å². The average molecular weight is 710 g/mol. The minimum Gasteiger partial charge on any atom is -0.294 e. The van der Waals surface area contributed by atoms with E-state index in [1.165, 1.54) is 0 Å². The number of carbonyl (C=O) groups is 3. The third kappa shape index (κ3) is 4.21. The average Bonchev–Trinajstić information content (AvgIpc) is 3.42. The molecule has 0 unspecified atom stereocenters. The van der Waals surface area contributed by atoms with Crippen molar-refractivity contribution < 1.29 is 14.4 Å². The molecular weight excluding hydrogens is 680 g/mol. The molecular formula is C37H30Br2N2O3. The van der Waals surface area contributed by atoms with Gasteiger partial charge in [0.25, 0.3) is 0 Å². The van der Waals surface area contributed by atoms with Crippen LogP contribution in [0.5, 0.6) is 0 Å². The molecule has 2 heterocycles. The van der Waals surface area contributed by atoms with Crippen molar-refractivity contribution in [1.29, 1.82) is 0 Å². The van der Waals surface area contributed by atoms with Crippen LogP contribution in [0, 0.1) is 5.41 Å². The van der Waals surface area contributed by atoms with Gasteiger partial charge in [-0.15, -0.1) is 0 Å². The molecule has 0 aromatic heterocycles. The molecule has 220 valence electrons. The van der Waals surface area contributed by atoms with Crippen molar-refractivity contribution in [2.45, 2.75) is 18.0 Å². The van der Waals surface area contributed by atoms with Gasteiger partial charge in [-0.05, 0) is 41.9 Å². The Morgan fingerprint density at radius 1 is 0.750 bits per heavy atom. The molecule has 0 bridgehead atoms. The number of halogens is 2. The molecule has 3 aliphatic rings. The van der Waals surface area contributed by atoms with E-state index in [1.54, 1.807) is 24.3 Å². The van der Waals surface area contributed by atoms with E-state index in [1.807, 2.05) is 84.8 Å². The molecule has 4 aromatic carbocycles. The Hall–Kier alpha value is -3.49. The van der Waals surface area contributed by atoms with Gasteiger partial charge in [0.05, 0.1) is 5.41 Å². The van der Waals surface area contributed by atoms with Gasteiger partial charge in [-0.1, -0.05) is 123 Å². The zero-order chi connectivity index (χ0) is 30.6. The van der Waals surface area contributed by atoms with Crippen molar-refractivity contribution in [3.8, 4) is 0 Å². The summed E-state index contributed by atoms with van der Waals surface area (Å²) in [7, 11) is 1.83. The quantitative estimate of drug-likeness (QED) is 0.166. The molecule has 4 aromatic rings. The van der Waals surface area contributed by atoms with E-state index < -0.39 is 16.9 Å². The maximum Gasteiger partial charge on any atom is 0.192 e. The molecule has 44 heavy (non-hydrogen) atoms. The smallest absolute Gasteiger partial charge is 0.192 e. The Bertz CT molecular complexity index is 1820. The zero-order valence-corrected chi connectivity index (χ0v) is 27.3. The third-order valence-corrected chi connectivity index (χ3v) is 11.1. The monoisotopic (exact) mass is 708 g/mol.